The van der Waals surface area contributed by atoms with Crippen molar-refractivity contribution in [3.05, 3.63) is 95.6 Å². The summed E-state index contributed by atoms with van der Waals surface area (Å²) < 4.78 is 40.4. The van der Waals surface area contributed by atoms with Crippen molar-refractivity contribution in [3.63, 3.8) is 0 Å². The molecule has 194 valence electrons. The molecule has 7 heteroatoms. The first-order valence-electron chi connectivity index (χ1n) is 12.9. The van der Waals surface area contributed by atoms with Crippen molar-refractivity contribution < 1.29 is 27.5 Å². The molecule has 6 rings (SSSR count). The molecular formula is C30H33F2N2O3+. The molecule has 1 atom stereocenters. The zero-order chi connectivity index (χ0) is 25.8. The summed E-state index contributed by atoms with van der Waals surface area (Å²) in [5.41, 5.74) is 2.15. The van der Waals surface area contributed by atoms with E-state index >= 15 is 0 Å². The van der Waals surface area contributed by atoms with Crippen LogP contribution in [0.3, 0.4) is 0 Å². The fraction of sp³-hybridized carbons (Fsp3) is 0.367. The Kier molecular flexibility index (Phi) is 7.42. The van der Waals surface area contributed by atoms with Crippen molar-refractivity contribution in [3.8, 4) is 5.75 Å². The van der Waals surface area contributed by atoms with Crippen molar-refractivity contribution in [1.29, 1.82) is 0 Å². The van der Waals surface area contributed by atoms with Crippen molar-refractivity contribution in [1.82, 2.24) is 0 Å². The van der Waals surface area contributed by atoms with E-state index < -0.39 is 17.7 Å². The van der Waals surface area contributed by atoms with Crippen LogP contribution in [0.2, 0.25) is 0 Å². The lowest BCUT2D eigenvalue weighted by Gasteiger charge is -2.52. The van der Waals surface area contributed by atoms with Crippen molar-refractivity contribution in [2.75, 3.05) is 37.7 Å². The van der Waals surface area contributed by atoms with Gasteiger partial charge in [-0.15, -0.1) is 0 Å². The Morgan fingerprint density at radius 2 is 1.76 bits per heavy atom. The lowest BCUT2D eigenvalue weighted by molar-refractivity contribution is -0.946. The van der Waals surface area contributed by atoms with E-state index in [0.717, 1.165) is 66.9 Å². The highest BCUT2D eigenvalue weighted by Gasteiger charge is 2.48. The largest absolute Gasteiger partial charge is 0.488 e. The molecule has 0 radical (unpaired) electrons. The van der Waals surface area contributed by atoms with Crippen LogP contribution < -0.4 is 9.64 Å². The quantitative estimate of drug-likeness (QED) is 0.346. The lowest BCUT2D eigenvalue weighted by Crippen LogP contribution is -2.65. The number of carbonyl (C=O) groups excluding carboxylic acids is 1. The summed E-state index contributed by atoms with van der Waals surface area (Å²) in [5.74, 6) is -0.647. The molecule has 0 aromatic heterocycles. The van der Waals surface area contributed by atoms with Crippen molar-refractivity contribution in [2.24, 2.45) is 5.92 Å². The van der Waals surface area contributed by atoms with Gasteiger partial charge in [-0.1, -0.05) is 36.4 Å². The average molecular weight is 508 g/mol. The van der Waals surface area contributed by atoms with Gasteiger partial charge in [0.05, 0.1) is 19.6 Å². The number of halogens is 2. The standard InChI is InChI=1S/C30H33F2N2O3/c1-22-6-5-7-25(18-22)33(20-23-10-11-27(31)28(32)19-23)30(35)37-29-21-34(14-12-24(29)13-15-34)16-17-36-26-8-3-2-4-9-26/h2-11,18-19,24,29H,12-17,20-21H2,1H3/q+1/t24?,29-,34?/m0/s1. The molecule has 5 nitrogen and oxygen atoms in total. The number of rotatable bonds is 8. The highest BCUT2D eigenvalue weighted by Crippen LogP contribution is 2.36. The van der Waals surface area contributed by atoms with E-state index in [1.54, 1.807) is 0 Å². The van der Waals surface area contributed by atoms with Crippen LogP contribution >= 0.6 is 0 Å². The topological polar surface area (TPSA) is 38.8 Å². The first-order valence-corrected chi connectivity index (χ1v) is 12.9. The fourth-order valence-electron chi connectivity index (χ4n) is 5.61. The molecule has 3 fully saturated rings. The van der Waals surface area contributed by atoms with E-state index in [2.05, 4.69) is 0 Å². The molecule has 0 unspecified atom stereocenters. The molecule has 0 saturated carbocycles. The number of benzene rings is 3. The Hall–Kier alpha value is -3.45. The SMILES string of the molecule is Cc1cccc(N(Cc2ccc(F)c(F)c2)C(=O)O[C@H]2C[N+]3(CCOc4ccccc4)CCC2CC3)c1. The van der Waals surface area contributed by atoms with Gasteiger partial charge in [0, 0.05) is 24.4 Å². The Morgan fingerprint density at radius 1 is 0.973 bits per heavy atom. The highest BCUT2D eigenvalue weighted by atomic mass is 19.2. The normalized spacial score (nSPS) is 22.5. The Labute approximate surface area is 216 Å². The molecule has 3 aromatic carbocycles. The van der Waals surface area contributed by atoms with Crippen LogP contribution in [0.4, 0.5) is 19.3 Å². The number of ether oxygens (including phenoxy) is 2. The molecule has 3 saturated heterocycles. The Bertz CT molecular complexity index is 1230. The molecule has 3 heterocycles. The smallest absolute Gasteiger partial charge is 0.415 e. The van der Waals surface area contributed by atoms with Crippen molar-refractivity contribution in [2.45, 2.75) is 32.4 Å². The van der Waals surface area contributed by atoms with E-state index in [-0.39, 0.29) is 12.6 Å². The summed E-state index contributed by atoms with van der Waals surface area (Å²) in [5, 5.41) is 0. The van der Waals surface area contributed by atoms with Crippen LogP contribution in [0.5, 0.6) is 5.75 Å². The van der Waals surface area contributed by atoms with Gasteiger partial charge in [-0.3, -0.25) is 4.90 Å². The van der Waals surface area contributed by atoms with Gasteiger partial charge in [0.1, 0.15) is 25.4 Å². The molecular weight excluding hydrogens is 474 g/mol. The van der Waals surface area contributed by atoms with E-state index in [9.17, 15) is 13.6 Å². The zero-order valence-corrected chi connectivity index (χ0v) is 21.1. The molecule has 3 aliphatic rings. The van der Waals surface area contributed by atoms with Crippen molar-refractivity contribution >= 4 is 11.8 Å². The third kappa shape index (κ3) is 5.93. The number of fused-ring (bicyclic) bond motifs is 3. The number of nitrogens with zero attached hydrogens (tertiary/aromatic N) is 2. The van der Waals surface area contributed by atoms with Gasteiger partial charge in [0.15, 0.2) is 17.7 Å². The third-order valence-electron chi connectivity index (χ3n) is 7.73. The second kappa shape index (κ2) is 10.9. The number of quaternary nitrogens is 1. The minimum absolute atomic E-state index is 0.0851. The second-order valence-corrected chi connectivity index (χ2v) is 10.3. The highest BCUT2D eigenvalue weighted by molar-refractivity contribution is 5.87. The fourth-order valence-corrected chi connectivity index (χ4v) is 5.61. The number of piperidine rings is 3. The number of anilines is 1. The predicted molar refractivity (Wildman–Crippen MR) is 138 cm³/mol. The van der Waals surface area contributed by atoms with Crippen LogP contribution in [0.25, 0.3) is 0 Å². The number of aryl methyl sites for hydroxylation is 1. The van der Waals surface area contributed by atoms with Gasteiger partial charge in [-0.05, 0) is 54.4 Å². The van der Waals surface area contributed by atoms with Gasteiger partial charge in [-0.2, -0.15) is 0 Å². The summed E-state index contributed by atoms with van der Waals surface area (Å²) in [6.45, 7) is 6.40. The van der Waals surface area contributed by atoms with Crippen LogP contribution in [0.15, 0.2) is 72.8 Å². The number of para-hydroxylation sites is 1. The van der Waals surface area contributed by atoms with Gasteiger partial charge in [0.25, 0.3) is 0 Å². The summed E-state index contributed by atoms with van der Waals surface area (Å²) in [6, 6.07) is 21.1. The Balaban J connectivity index is 1.28. The number of amides is 1. The maximum atomic E-state index is 13.9. The maximum absolute atomic E-state index is 13.9. The first kappa shape index (κ1) is 25.2. The van der Waals surface area contributed by atoms with Gasteiger partial charge in [-0.25, -0.2) is 13.6 Å². The molecule has 3 aliphatic heterocycles. The number of hydrogen-bond acceptors (Lipinski definition) is 3. The molecule has 0 N–H and O–H groups in total. The van der Waals surface area contributed by atoms with E-state index in [1.807, 2.05) is 61.5 Å². The molecule has 2 bridgehead atoms. The van der Waals surface area contributed by atoms with Crippen LogP contribution in [-0.2, 0) is 11.3 Å². The number of carbonyl (C=O) groups is 1. The monoisotopic (exact) mass is 507 g/mol. The minimum atomic E-state index is -0.934. The predicted octanol–water partition coefficient (Wildman–Crippen LogP) is 6.10. The average Bonchev–Trinajstić information content (AvgIpc) is 2.90. The minimum Gasteiger partial charge on any atom is -0.488 e. The van der Waals surface area contributed by atoms with E-state index in [0.29, 0.717) is 23.8 Å². The first-order chi connectivity index (χ1) is 17.9. The van der Waals surface area contributed by atoms with E-state index in [4.69, 9.17) is 9.47 Å². The second-order valence-electron chi connectivity index (χ2n) is 10.3. The van der Waals surface area contributed by atoms with Crippen LogP contribution in [0, 0.1) is 24.5 Å². The van der Waals surface area contributed by atoms with Gasteiger partial charge < -0.3 is 14.0 Å². The van der Waals surface area contributed by atoms with Gasteiger partial charge in [0.2, 0.25) is 0 Å². The molecule has 3 aromatic rings. The maximum Gasteiger partial charge on any atom is 0.415 e. The molecule has 0 aliphatic carbocycles. The summed E-state index contributed by atoms with van der Waals surface area (Å²) >= 11 is 0. The molecule has 0 spiro atoms. The Morgan fingerprint density at radius 3 is 2.49 bits per heavy atom. The van der Waals surface area contributed by atoms with Crippen LogP contribution in [-0.4, -0.2) is 49.5 Å². The van der Waals surface area contributed by atoms with E-state index in [1.165, 1.54) is 11.0 Å². The molecule has 37 heavy (non-hydrogen) atoms. The summed E-state index contributed by atoms with van der Waals surface area (Å²) in [4.78, 5) is 15.1. The molecule has 1 amide bonds. The van der Waals surface area contributed by atoms with Crippen LogP contribution in [0.1, 0.15) is 24.0 Å². The summed E-state index contributed by atoms with van der Waals surface area (Å²) in [7, 11) is 0. The lowest BCUT2D eigenvalue weighted by atomic mass is 9.83. The third-order valence-corrected chi connectivity index (χ3v) is 7.73. The number of hydrogen-bond donors (Lipinski definition) is 0. The zero-order valence-electron chi connectivity index (χ0n) is 21.1. The van der Waals surface area contributed by atoms with Gasteiger partial charge >= 0.3 is 6.09 Å². The summed E-state index contributed by atoms with van der Waals surface area (Å²) in [6.07, 6.45) is 1.37.